The van der Waals surface area contributed by atoms with Gasteiger partial charge in [0.05, 0.1) is 6.26 Å². The number of esters is 1. The van der Waals surface area contributed by atoms with E-state index >= 15 is 0 Å². The molecule has 0 radical (unpaired) electrons. The van der Waals surface area contributed by atoms with E-state index in [-0.39, 0.29) is 0 Å². The number of carbonyl (C=O) groups is 1. The van der Waals surface area contributed by atoms with E-state index in [9.17, 15) is 35.5 Å². The van der Waals surface area contributed by atoms with Crippen LogP contribution in [0.3, 0.4) is 0 Å². The van der Waals surface area contributed by atoms with Gasteiger partial charge in [0.15, 0.2) is 6.10 Å². The van der Waals surface area contributed by atoms with E-state index in [1.54, 1.807) is 0 Å². The lowest BCUT2D eigenvalue weighted by atomic mass is 9.90. The highest BCUT2D eigenvalue weighted by Crippen LogP contribution is 2.50. The number of ether oxygens (including phenoxy) is 2. The first-order valence-electron chi connectivity index (χ1n) is 5.03. The van der Waals surface area contributed by atoms with Crippen LogP contribution in [0.15, 0.2) is 12.8 Å². The van der Waals surface area contributed by atoms with Gasteiger partial charge in [-0.3, -0.25) is 4.79 Å². The monoisotopic (exact) mass is 312 g/mol. The lowest BCUT2D eigenvalue weighted by molar-refractivity contribution is -0.379. The summed E-state index contributed by atoms with van der Waals surface area (Å²) in [5.74, 6) is -7.19. The van der Waals surface area contributed by atoms with Crippen LogP contribution in [0.2, 0.25) is 0 Å². The first-order chi connectivity index (χ1) is 8.84. The minimum Gasteiger partial charge on any atom is -0.492 e. The quantitative estimate of drug-likeness (QED) is 0.429. The zero-order valence-electron chi connectivity index (χ0n) is 10.3. The topological polar surface area (TPSA) is 35.5 Å². The molecule has 20 heavy (non-hydrogen) atoms. The molecule has 118 valence electrons. The van der Waals surface area contributed by atoms with Crippen molar-refractivity contribution < 1.29 is 45.0 Å². The number of hydrogen-bond acceptors (Lipinski definition) is 3. The third kappa shape index (κ3) is 2.98. The second-order valence-electron chi connectivity index (χ2n) is 3.70. The summed E-state index contributed by atoms with van der Waals surface area (Å²) in [5, 5.41) is 0. The first-order valence-corrected chi connectivity index (χ1v) is 5.03. The van der Waals surface area contributed by atoms with Crippen molar-refractivity contribution in [2.24, 2.45) is 0 Å². The van der Waals surface area contributed by atoms with E-state index in [0.717, 1.165) is 0 Å². The van der Waals surface area contributed by atoms with Crippen molar-refractivity contribution in [1.82, 2.24) is 0 Å². The van der Waals surface area contributed by atoms with Crippen LogP contribution in [0, 0.1) is 0 Å². The second-order valence-corrected chi connectivity index (χ2v) is 3.70. The van der Waals surface area contributed by atoms with Crippen molar-refractivity contribution in [2.75, 3.05) is 0 Å². The fourth-order valence-corrected chi connectivity index (χ4v) is 1.39. The highest BCUT2D eigenvalue weighted by molar-refractivity contribution is 5.67. The molecule has 0 N–H and O–H groups in total. The number of halogens is 7. The van der Waals surface area contributed by atoms with Gasteiger partial charge in [-0.25, -0.2) is 8.78 Å². The fourth-order valence-electron chi connectivity index (χ4n) is 1.39. The highest BCUT2D eigenvalue weighted by atomic mass is 19.4. The van der Waals surface area contributed by atoms with E-state index < -0.39 is 36.2 Å². The normalized spacial score (nSPS) is 17.3. The molecule has 0 aromatic heterocycles. The SMILES string of the molecule is C=COC(C)C(F)(F)C(OC(C)=O)(C(F)F)C(F)(F)F. The Bertz CT molecular complexity index is 366. The van der Waals surface area contributed by atoms with Crippen LogP contribution in [-0.4, -0.2) is 36.2 Å². The Hall–Kier alpha value is -1.48. The molecular weight excluding hydrogens is 301 g/mol. The van der Waals surface area contributed by atoms with Crippen LogP contribution in [0.25, 0.3) is 0 Å². The average Bonchev–Trinajstić information content (AvgIpc) is 2.23. The molecule has 0 saturated heterocycles. The highest BCUT2D eigenvalue weighted by Gasteiger charge is 2.80. The zero-order valence-corrected chi connectivity index (χ0v) is 10.3. The molecule has 3 nitrogen and oxygen atoms in total. The van der Waals surface area contributed by atoms with Crippen molar-refractivity contribution in [3.63, 3.8) is 0 Å². The van der Waals surface area contributed by atoms with Crippen LogP contribution < -0.4 is 0 Å². The summed E-state index contributed by atoms with van der Waals surface area (Å²) in [6.07, 6.45) is -13.2. The van der Waals surface area contributed by atoms with Gasteiger partial charge in [-0.15, -0.1) is 0 Å². The predicted octanol–water partition coefficient (Wildman–Crippen LogP) is 3.30. The number of carbonyl (C=O) groups excluding carboxylic acids is 1. The number of alkyl halides is 7. The molecule has 0 aliphatic rings. The van der Waals surface area contributed by atoms with Gasteiger partial charge >= 0.3 is 23.7 Å². The lowest BCUT2D eigenvalue weighted by Gasteiger charge is -2.41. The Morgan fingerprint density at radius 1 is 1.20 bits per heavy atom. The summed E-state index contributed by atoms with van der Waals surface area (Å²) in [5.41, 5.74) is -5.31. The summed E-state index contributed by atoms with van der Waals surface area (Å²) in [7, 11) is 0. The molecule has 0 spiro atoms. The first kappa shape index (κ1) is 18.5. The summed E-state index contributed by atoms with van der Waals surface area (Å²) < 4.78 is 98.7. The van der Waals surface area contributed by atoms with Crippen molar-refractivity contribution in [3.8, 4) is 0 Å². The Morgan fingerprint density at radius 2 is 1.65 bits per heavy atom. The molecule has 0 heterocycles. The van der Waals surface area contributed by atoms with Gasteiger partial charge in [-0.1, -0.05) is 6.58 Å². The van der Waals surface area contributed by atoms with Crippen LogP contribution in [-0.2, 0) is 14.3 Å². The molecule has 0 rings (SSSR count). The van der Waals surface area contributed by atoms with Crippen LogP contribution in [0.1, 0.15) is 13.8 Å². The predicted molar refractivity (Wildman–Crippen MR) is 52.2 cm³/mol. The third-order valence-corrected chi connectivity index (χ3v) is 2.34. The Kier molecular flexibility index (Phi) is 5.44. The molecule has 2 atom stereocenters. The summed E-state index contributed by atoms with van der Waals surface area (Å²) in [6, 6.07) is 0. The zero-order chi connectivity index (χ0) is 16.4. The molecule has 0 saturated carbocycles. The van der Waals surface area contributed by atoms with Crippen molar-refractivity contribution in [3.05, 3.63) is 12.8 Å². The van der Waals surface area contributed by atoms with Crippen molar-refractivity contribution in [2.45, 2.75) is 44.1 Å². The molecule has 0 aliphatic heterocycles. The van der Waals surface area contributed by atoms with E-state index in [0.29, 0.717) is 20.1 Å². The van der Waals surface area contributed by atoms with E-state index in [2.05, 4.69) is 16.1 Å². The standard InChI is InChI=1S/C10H11F7O3/c1-4-19-5(2)9(13,14)8(7(11)12,10(15,16)17)20-6(3)18/h4-5,7H,1H2,2-3H3. The Balaban J connectivity index is 6.08. The van der Waals surface area contributed by atoms with E-state index in [1.807, 2.05) is 0 Å². The Morgan fingerprint density at radius 3 is 1.90 bits per heavy atom. The van der Waals surface area contributed by atoms with Gasteiger partial charge in [-0.05, 0) is 6.92 Å². The molecular formula is C10H11F7O3. The average molecular weight is 312 g/mol. The Labute approximate surface area is 109 Å². The molecule has 0 fully saturated rings. The van der Waals surface area contributed by atoms with Gasteiger partial charge in [0.25, 0.3) is 6.43 Å². The van der Waals surface area contributed by atoms with Gasteiger partial charge in [0, 0.05) is 6.92 Å². The van der Waals surface area contributed by atoms with Crippen LogP contribution >= 0.6 is 0 Å². The van der Waals surface area contributed by atoms with Crippen LogP contribution in [0.5, 0.6) is 0 Å². The van der Waals surface area contributed by atoms with E-state index in [4.69, 9.17) is 0 Å². The van der Waals surface area contributed by atoms with E-state index in [1.165, 1.54) is 0 Å². The maximum atomic E-state index is 13.8. The van der Waals surface area contributed by atoms with Gasteiger partial charge in [0.1, 0.15) is 0 Å². The summed E-state index contributed by atoms with van der Waals surface area (Å²) >= 11 is 0. The van der Waals surface area contributed by atoms with Crippen LogP contribution in [0.4, 0.5) is 30.7 Å². The fraction of sp³-hybridized carbons (Fsp3) is 0.700. The molecule has 0 aliphatic carbocycles. The molecule has 10 heteroatoms. The molecule has 0 bridgehead atoms. The third-order valence-electron chi connectivity index (χ3n) is 2.34. The summed E-state index contributed by atoms with van der Waals surface area (Å²) in [6.45, 7) is 3.55. The molecule has 0 aromatic rings. The molecule has 0 amide bonds. The van der Waals surface area contributed by atoms with Crippen molar-refractivity contribution >= 4 is 5.97 Å². The largest absolute Gasteiger partial charge is 0.492 e. The minimum absolute atomic E-state index is 0.304. The lowest BCUT2D eigenvalue weighted by Crippen LogP contribution is -2.69. The maximum Gasteiger partial charge on any atom is 0.440 e. The summed E-state index contributed by atoms with van der Waals surface area (Å²) in [4.78, 5) is 10.6. The van der Waals surface area contributed by atoms with Gasteiger partial charge < -0.3 is 9.47 Å². The number of rotatable bonds is 6. The molecule has 0 aromatic carbocycles. The van der Waals surface area contributed by atoms with Gasteiger partial charge in [0.2, 0.25) is 0 Å². The second kappa shape index (κ2) is 5.88. The molecule has 2 unspecified atom stereocenters. The minimum atomic E-state index is -6.23. The maximum absolute atomic E-state index is 13.8. The van der Waals surface area contributed by atoms with Crippen molar-refractivity contribution in [1.29, 1.82) is 0 Å². The number of hydrogen-bond donors (Lipinski definition) is 0. The smallest absolute Gasteiger partial charge is 0.440 e. The van der Waals surface area contributed by atoms with Gasteiger partial charge in [-0.2, -0.15) is 22.0 Å².